The third kappa shape index (κ3) is 2.57. The van der Waals surface area contributed by atoms with Gasteiger partial charge in [-0.2, -0.15) is 13.1 Å². The van der Waals surface area contributed by atoms with Crippen LogP contribution in [0.15, 0.2) is 0 Å². The van der Waals surface area contributed by atoms with Crippen molar-refractivity contribution in [2.75, 3.05) is 13.1 Å². The molecule has 0 amide bonds. The van der Waals surface area contributed by atoms with Crippen LogP contribution in [0.25, 0.3) is 0 Å². The summed E-state index contributed by atoms with van der Waals surface area (Å²) in [6, 6.07) is 0. The summed E-state index contributed by atoms with van der Waals surface area (Å²) < 4.78 is 47.7. The first kappa shape index (κ1) is 14.3. The maximum atomic E-state index is 12.3. The molecule has 0 saturated carbocycles. The van der Waals surface area contributed by atoms with E-state index in [1.54, 1.807) is 6.92 Å². The Bertz CT molecular complexity index is 398. The first-order valence-electron chi connectivity index (χ1n) is 5.27. The van der Waals surface area contributed by atoms with E-state index in [0.717, 1.165) is 0 Å². The van der Waals surface area contributed by atoms with Crippen molar-refractivity contribution in [2.24, 2.45) is 5.41 Å². The van der Waals surface area contributed by atoms with E-state index in [0.29, 0.717) is 10.7 Å². The second-order valence-corrected chi connectivity index (χ2v) is 6.13. The molecule has 1 heterocycles. The predicted molar refractivity (Wildman–Crippen MR) is 56.1 cm³/mol. The number of hydrogen-bond acceptors (Lipinski definition) is 3. The largest absolute Gasteiger partial charge is 0.481 e. The molecule has 1 N–H and O–H groups in total. The first-order valence-corrected chi connectivity index (χ1v) is 6.77. The van der Waals surface area contributed by atoms with Crippen molar-refractivity contribution in [3.05, 3.63) is 0 Å². The van der Waals surface area contributed by atoms with Crippen molar-refractivity contribution in [3.63, 3.8) is 0 Å². The normalized spacial score (nSPS) is 26.6. The quantitative estimate of drug-likeness (QED) is 0.813. The van der Waals surface area contributed by atoms with Crippen LogP contribution >= 0.6 is 0 Å². The third-order valence-corrected chi connectivity index (χ3v) is 4.57. The Hall–Kier alpha value is -0.760. The van der Waals surface area contributed by atoms with E-state index in [2.05, 4.69) is 0 Å². The van der Waals surface area contributed by atoms with Crippen molar-refractivity contribution >= 4 is 16.0 Å². The van der Waals surface area contributed by atoms with E-state index in [9.17, 15) is 22.0 Å². The summed E-state index contributed by atoms with van der Waals surface area (Å²) in [7, 11) is -4.66. The average Bonchev–Trinajstić information content (AvgIpc) is 2.64. The van der Waals surface area contributed by atoms with Crippen LogP contribution in [0.2, 0.25) is 0 Å². The molecular formula is C9H15F2NO4S. The van der Waals surface area contributed by atoms with Gasteiger partial charge >= 0.3 is 11.7 Å². The fourth-order valence-corrected chi connectivity index (χ4v) is 3.13. The van der Waals surface area contributed by atoms with Crippen molar-refractivity contribution in [1.29, 1.82) is 0 Å². The number of carboxylic acids is 1. The molecule has 0 aromatic carbocycles. The lowest BCUT2D eigenvalue weighted by atomic mass is 9.83. The van der Waals surface area contributed by atoms with Crippen LogP contribution in [0.3, 0.4) is 0 Å². The zero-order chi connectivity index (χ0) is 13.3. The van der Waals surface area contributed by atoms with Gasteiger partial charge in [-0.15, -0.1) is 0 Å². The molecule has 0 aliphatic carbocycles. The highest BCUT2D eigenvalue weighted by molar-refractivity contribution is 7.89. The molecule has 1 fully saturated rings. The molecule has 17 heavy (non-hydrogen) atoms. The number of alkyl halides is 2. The van der Waals surface area contributed by atoms with Crippen LogP contribution in [-0.4, -0.2) is 42.6 Å². The van der Waals surface area contributed by atoms with Crippen LogP contribution in [0.4, 0.5) is 8.78 Å². The summed E-state index contributed by atoms with van der Waals surface area (Å²) in [4.78, 5) is 11.1. The highest BCUT2D eigenvalue weighted by Gasteiger charge is 2.49. The standard InChI is InChI=1S/C9H15F2NO4S/c1-2-3-9(7(13)14)4-5-12(6-9)17(15,16)8(10)11/h8H,2-6H2,1H3,(H,13,14). The lowest BCUT2D eigenvalue weighted by molar-refractivity contribution is -0.148. The first-order chi connectivity index (χ1) is 7.76. The third-order valence-electron chi connectivity index (χ3n) is 3.09. The number of halogens is 2. The lowest BCUT2D eigenvalue weighted by Gasteiger charge is -2.23. The molecule has 1 atom stereocenters. The van der Waals surface area contributed by atoms with Gasteiger partial charge < -0.3 is 5.11 Å². The highest BCUT2D eigenvalue weighted by Crippen LogP contribution is 2.37. The van der Waals surface area contributed by atoms with Gasteiger partial charge in [-0.25, -0.2) is 8.42 Å². The number of rotatable bonds is 5. The fraction of sp³-hybridized carbons (Fsp3) is 0.889. The van der Waals surface area contributed by atoms with Gasteiger partial charge in [0.15, 0.2) is 0 Å². The van der Waals surface area contributed by atoms with Crippen molar-refractivity contribution in [1.82, 2.24) is 4.31 Å². The summed E-state index contributed by atoms with van der Waals surface area (Å²) in [6.45, 7) is 1.26. The number of nitrogens with zero attached hydrogens (tertiary/aromatic N) is 1. The SMILES string of the molecule is CCCC1(C(=O)O)CCN(S(=O)(=O)C(F)F)C1. The summed E-state index contributed by atoms with van der Waals surface area (Å²) in [5.41, 5.74) is -1.21. The Morgan fingerprint density at radius 3 is 2.53 bits per heavy atom. The van der Waals surface area contributed by atoms with Crippen molar-refractivity contribution in [2.45, 2.75) is 31.9 Å². The van der Waals surface area contributed by atoms with E-state index < -0.39 is 27.2 Å². The molecule has 8 heteroatoms. The summed E-state index contributed by atoms with van der Waals surface area (Å²) >= 11 is 0. The molecule has 1 aliphatic heterocycles. The highest BCUT2D eigenvalue weighted by atomic mass is 32.2. The van der Waals surface area contributed by atoms with Crippen LogP contribution in [-0.2, 0) is 14.8 Å². The van der Waals surface area contributed by atoms with E-state index in [1.807, 2.05) is 0 Å². The van der Waals surface area contributed by atoms with Crippen LogP contribution in [0, 0.1) is 5.41 Å². The topological polar surface area (TPSA) is 74.7 Å². The van der Waals surface area contributed by atoms with E-state index in [-0.39, 0.29) is 25.9 Å². The molecule has 5 nitrogen and oxygen atoms in total. The van der Waals surface area contributed by atoms with Gasteiger partial charge in [-0.05, 0) is 12.8 Å². The Balaban J connectivity index is 2.91. The minimum absolute atomic E-state index is 0.0854. The minimum Gasteiger partial charge on any atom is -0.481 e. The Morgan fingerprint density at radius 1 is 1.53 bits per heavy atom. The zero-order valence-electron chi connectivity index (χ0n) is 9.40. The molecule has 0 radical (unpaired) electrons. The fourth-order valence-electron chi connectivity index (χ4n) is 2.13. The van der Waals surface area contributed by atoms with Gasteiger partial charge in [0.05, 0.1) is 5.41 Å². The molecule has 0 aromatic heterocycles. The smallest absolute Gasteiger partial charge is 0.350 e. The molecule has 100 valence electrons. The number of carbonyl (C=O) groups is 1. The van der Waals surface area contributed by atoms with Gasteiger partial charge in [0, 0.05) is 13.1 Å². The number of hydrogen-bond donors (Lipinski definition) is 1. The second kappa shape index (κ2) is 4.85. The van der Waals surface area contributed by atoms with E-state index >= 15 is 0 Å². The van der Waals surface area contributed by atoms with Gasteiger partial charge in [-0.3, -0.25) is 4.79 Å². The molecular weight excluding hydrogens is 256 g/mol. The van der Waals surface area contributed by atoms with Crippen LogP contribution in [0.1, 0.15) is 26.2 Å². The molecule has 1 aliphatic rings. The molecule has 0 spiro atoms. The van der Waals surface area contributed by atoms with Gasteiger partial charge in [-0.1, -0.05) is 13.3 Å². The van der Waals surface area contributed by atoms with Gasteiger partial charge in [0.25, 0.3) is 10.0 Å². The van der Waals surface area contributed by atoms with Crippen molar-refractivity contribution in [3.8, 4) is 0 Å². The maximum Gasteiger partial charge on any atom is 0.350 e. The van der Waals surface area contributed by atoms with E-state index in [4.69, 9.17) is 5.11 Å². The molecule has 0 bridgehead atoms. The molecule has 1 unspecified atom stereocenters. The van der Waals surface area contributed by atoms with Gasteiger partial charge in [0.2, 0.25) is 0 Å². The maximum absolute atomic E-state index is 12.3. The lowest BCUT2D eigenvalue weighted by Crippen LogP contribution is -2.38. The summed E-state index contributed by atoms with van der Waals surface area (Å²) in [6.07, 6.45) is 0.939. The second-order valence-electron chi connectivity index (χ2n) is 4.22. The molecule has 1 saturated heterocycles. The zero-order valence-corrected chi connectivity index (χ0v) is 10.2. The average molecular weight is 271 g/mol. The monoisotopic (exact) mass is 271 g/mol. The minimum atomic E-state index is -4.66. The number of sulfonamides is 1. The molecule has 1 rings (SSSR count). The van der Waals surface area contributed by atoms with Crippen LogP contribution < -0.4 is 0 Å². The summed E-state index contributed by atoms with van der Waals surface area (Å²) in [5.74, 6) is -4.61. The Labute approximate surface area is 98.5 Å². The Morgan fingerprint density at radius 2 is 2.12 bits per heavy atom. The number of aliphatic carboxylic acids is 1. The van der Waals surface area contributed by atoms with Crippen molar-refractivity contribution < 1.29 is 27.1 Å². The van der Waals surface area contributed by atoms with Crippen LogP contribution in [0.5, 0.6) is 0 Å². The Kier molecular flexibility index (Phi) is 4.08. The van der Waals surface area contributed by atoms with Gasteiger partial charge in [0.1, 0.15) is 0 Å². The predicted octanol–water partition coefficient (Wildman–Crippen LogP) is 1.12. The summed E-state index contributed by atoms with van der Waals surface area (Å²) in [5, 5.41) is 9.11. The molecule has 0 aromatic rings. The number of carboxylic acid groups (broad SMARTS) is 1. The van der Waals surface area contributed by atoms with E-state index in [1.165, 1.54) is 0 Å².